The second kappa shape index (κ2) is 6.86. The van der Waals surface area contributed by atoms with Gasteiger partial charge in [-0.25, -0.2) is 13.1 Å². The van der Waals surface area contributed by atoms with Gasteiger partial charge in [0, 0.05) is 0 Å². The summed E-state index contributed by atoms with van der Waals surface area (Å²) in [7, 11) is -0.732. The third-order valence-corrected chi connectivity index (χ3v) is 4.92. The van der Waals surface area contributed by atoms with E-state index in [-0.39, 0.29) is 10.8 Å². The normalized spacial score (nSPS) is 11.1. The van der Waals surface area contributed by atoms with Crippen LogP contribution in [0.25, 0.3) is 11.1 Å². The van der Waals surface area contributed by atoms with Gasteiger partial charge in [-0.2, -0.15) is 0 Å². The Hall–Kier alpha value is -3.00. The van der Waals surface area contributed by atoms with Crippen LogP contribution in [0.4, 0.5) is 5.88 Å². The van der Waals surface area contributed by atoms with Crippen LogP contribution in [-0.4, -0.2) is 27.8 Å². The zero-order valence-corrected chi connectivity index (χ0v) is 14.4. The van der Waals surface area contributed by atoms with Crippen LogP contribution in [0.5, 0.6) is 11.5 Å². The van der Waals surface area contributed by atoms with Crippen molar-refractivity contribution in [1.82, 2.24) is 5.16 Å². The molecule has 0 saturated heterocycles. The molecule has 2 aromatic carbocycles. The van der Waals surface area contributed by atoms with E-state index >= 15 is 0 Å². The molecule has 0 bridgehead atoms. The predicted octanol–water partition coefficient (Wildman–Crippen LogP) is 3.16. The van der Waals surface area contributed by atoms with Gasteiger partial charge < -0.3 is 14.0 Å². The van der Waals surface area contributed by atoms with Gasteiger partial charge in [0.25, 0.3) is 10.0 Å². The van der Waals surface area contributed by atoms with Crippen molar-refractivity contribution in [2.75, 3.05) is 18.9 Å². The molecule has 0 aliphatic rings. The van der Waals surface area contributed by atoms with Gasteiger partial charge in [-0.05, 0) is 42.0 Å². The second-order valence-electron chi connectivity index (χ2n) is 5.08. The molecule has 0 fully saturated rings. The molecule has 25 heavy (non-hydrogen) atoms. The molecule has 130 valence electrons. The summed E-state index contributed by atoms with van der Waals surface area (Å²) < 4.78 is 42.7. The predicted molar refractivity (Wildman–Crippen MR) is 92.3 cm³/mol. The van der Waals surface area contributed by atoms with Crippen LogP contribution in [0.15, 0.2) is 64.1 Å². The van der Waals surface area contributed by atoms with Crippen LogP contribution >= 0.6 is 0 Å². The van der Waals surface area contributed by atoms with Crippen molar-refractivity contribution in [3.05, 3.63) is 54.7 Å². The van der Waals surface area contributed by atoms with Crippen molar-refractivity contribution in [2.45, 2.75) is 4.90 Å². The first-order chi connectivity index (χ1) is 12.0. The van der Waals surface area contributed by atoms with E-state index in [4.69, 9.17) is 14.0 Å². The zero-order chi connectivity index (χ0) is 17.9. The van der Waals surface area contributed by atoms with Gasteiger partial charge in [-0.1, -0.05) is 17.3 Å². The fourth-order valence-corrected chi connectivity index (χ4v) is 3.23. The Balaban J connectivity index is 1.88. The Bertz CT molecular complexity index is 947. The van der Waals surface area contributed by atoms with Crippen LogP contribution in [0, 0.1) is 0 Å². The van der Waals surface area contributed by atoms with E-state index in [9.17, 15) is 8.42 Å². The molecule has 1 heterocycles. The molecule has 0 radical (unpaired) electrons. The average Bonchev–Trinajstić information content (AvgIpc) is 3.09. The lowest BCUT2D eigenvalue weighted by atomic mass is 10.1. The van der Waals surface area contributed by atoms with Crippen LogP contribution in [0.2, 0.25) is 0 Å². The standard InChI is InChI=1S/C17H16N2O5S/c1-22-13-5-3-12(4-6-13)16-11-18-24-17(16)19-25(20,21)15-9-7-14(23-2)8-10-15/h3-11,19H,1-2H3. The lowest BCUT2D eigenvalue weighted by molar-refractivity contribution is 0.414. The highest BCUT2D eigenvalue weighted by Gasteiger charge is 2.20. The molecule has 0 amide bonds. The summed E-state index contributed by atoms with van der Waals surface area (Å²) in [6.07, 6.45) is 1.45. The maximum absolute atomic E-state index is 12.5. The molecular weight excluding hydrogens is 344 g/mol. The minimum atomic E-state index is -3.82. The lowest BCUT2D eigenvalue weighted by Crippen LogP contribution is -2.12. The summed E-state index contributed by atoms with van der Waals surface area (Å²) >= 11 is 0. The minimum Gasteiger partial charge on any atom is -0.497 e. The van der Waals surface area contributed by atoms with Gasteiger partial charge in [0.1, 0.15) is 11.5 Å². The van der Waals surface area contributed by atoms with Crippen molar-refractivity contribution in [3.63, 3.8) is 0 Å². The molecule has 3 aromatic rings. The number of sulfonamides is 1. The smallest absolute Gasteiger partial charge is 0.264 e. The number of methoxy groups -OCH3 is 2. The SMILES string of the molecule is COc1ccc(-c2cnoc2NS(=O)(=O)c2ccc(OC)cc2)cc1. The Morgan fingerprint density at radius 2 is 1.48 bits per heavy atom. The van der Waals surface area contributed by atoms with E-state index in [2.05, 4.69) is 9.88 Å². The Morgan fingerprint density at radius 1 is 0.920 bits per heavy atom. The largest absolute Gasteiger partial charge is 0.497 e. The Morgan fingerprint density at radius 3 is 2.04 bits per heavy atom. The van der Waals surface area contributed by atoms with E-state index in [1.54, 1.807) is 43.5 Å². The van der Waals surface area contributed by atoms with E-state index < -0.39 is 10.0 Å². The average molecular weight is 360 g/mol. The van der Waals surface area contributed by atoms with Crippen molar-refractivity contribution in [2.24, 2.45) is 0 Å². The molecule has 0 saturated carbocycles. The molecule has 0 spiro atoms. The van der Waals surface area contributed by atoms with Gasteiger partial charge in [-0.15, -0.1) is 0 Å². The highest BCUT2D eigenvalue weighted by molar-refractivity contribution is 7.92. The van der Waals surface area contributed by atoms with E-state index in [1.807, 2.05) is 0 Å². The fourth-order valence-electron chi connectivity index (χ4n) is 2.23. The second-order valence-corrected chi connectivity index (χ2v) is 6.76. The first-order valence-corrected chi connectivity index (χ1v) is 8.78. The third kappa shape index (κ3) is 3.58. The molecule has 7 nitrogen and oxygen atoms in total. The van der Waals surface area contributed by atoms with E-state index in [1.165, 1.54) is 25.4 Å². The monoisotopic (exact) mass is 360 g/mol. The molecule has 0 aliphatic carbocycles. The van der Waals surface area contributed by atoms with Gasteiger partial charge in [0.05, 0.1) is 30.9 Å². The quantitative estimate of drug-likeness (QED) is 0.726. The van der Waals surface area contributed by atoms with Crippen molar-refractivity contribution < 1.29 is 22.4 Å². The number of aromatic nitrogens is 1. The first kappa shape index (κ1) is 16.8. The topological polar surface area (TPSA) is 90.7 Å². The molecule has 1 N–H and O–H groups in total. The summed E-state index contributed by atoms with van der Waals surface area (Å²) in [5, 5.41) is 3.69. The first-order valence-electron chi connectivity index (χ1n) is 7.29. The molecule has 1 aromatic heterocycles. The number of benzene rings is 2. The van der Waals surface area contributed by atoms with Crippen LogP contribution < -0.4 is 14.2 Å². The summed E-state index contributed by atoms with van der Waals surface area (Å²) in [5.41, 5.74) is 1.27. The summed E-state index contributed by atoms with van der Waals surface area (Å²) in [6, 6.07) is 13.1. The number of ether oxygens (including phenoxy) is 2. The number of rotatable bonds is 6. The van der Waals surface area contributed by atoms with Gasteiger partial charge in [-0.3, -0.25) is 0 Å². The van der Waals surface area contributed by atoms with Crippen LogP contribution in [0.1, 0.15) is 0 Å². The van der Waals surface area contributed by atoms with Crippen molar-refractivity contribution >= 4 is 15.9 Å². The minimum absolute atomic E-state index is 0.0426. The Kier molecular flexibility index (Phi) is 4.62. The highest BCUT2D eigenvalue weighted by Crippen LogP contribution is 2.31. The van der Waals surface area contributed by atoms with E-state index in [0.717, 1.165) is 5.56 Å². The molecule has 0 aliphatic heterocycles. The molecule has 0 unspecified atom stereocenters. The zero-order valence-electron chi connectivity index (χ0n) is 13.6. The summed E-state index contributed by atoms with van der Waals surface area (Å²) in [5.74, 6) is 1.30. The number of nitrogens with zero attached hydrogens (tertiary/aromatic N) is 1. The van der Waals surface area contributed by atoms with Gasteiger partial charge in [0.2, 0.25) is 5.88 Å². The molecule has 3 rings (SSSR count). The highest BCUT2D eigenvalue weighted by atomic mass is 32.2. The molecule has 0 atom stereocenters. The maximum Gasteiger partial charge on any atom is 0.264 e. The lowest BCUT2D eigenvalue weighted by Gasteiger charge is -2.08. The van der Waals surface area contributed by atoms with Gasteiger partial charge >= 0.3 is 0 Å². The fraction of sp³-hybridized carbons (Fsp3) is 0.118. The van der Waals surface area contributed by atoms with Gasteiger partial charge in [0.15, 0.2) is 0 Å². The summed E-state index contributed by atoms with van der Waals surface area (Å²) in [6.45, 7) is 0. The number of hydrogen-bond acceptors (Lipinski definition) is 6. The van der Waals surface area contributed by atoms with Crippen molar-refractivity contribution in [1.29, 1.82) is 0 Å². The molecule has 8 heteroatoms. The van der Waals surface area contributed by atoms with E-state index in [0.29, 0.717) is 17.1 Å². The van der Waals surface area contributed by atoms with Crippen LogP contribution in [-0.2, 0) is 10.0 Å². The third-order valence-electron chi connectivity index (χ3n) is 3.57. The number of anilines is 1. The number of nitrogens with one attached hydrogen (secondary N) is 1. The van der Waals surface area contributed by atoms with Crippen LogP contribution in [0.3, 0.4) is 0 Å². The Labute approximate surface area is 145 Å². The number of hydrogen-bond donors (Lipinski definition) is 1. The van der Waals surface area contributed by atoms with Crippen molar-refractivity contribution in [3.8, 4) is 22.6 Å². The molecular formula is C17H16N2O5S. The maximum atomic E-state index is 12.5. The summed E-state index contributed by atoms with van der Waals surface area (Å²) in [4.78, 5) is 0.0883.